The molecule has 3 rings (SSSR count). The molecule has 206 valence electrons. The van der Waals surface area contributed by atoms with E-state index in [0.29, 0.717) is 59.6 Å². The molecule has 3 aromatic rings. The highest BCUT2D eigenvalue weighted by atomic mass is 16.7. The zero-order chi connectivity index (χ0) is 28.2. The van der Waals surface area contributed by atoms with E-state index in [1.165, 1.54) is 24.3 Å². The fourth-order valence-corrected chi connectivity index (χ4v) is 3.48. The number of ether oxygens (including phenoxy) is 5. The van der Waals surface area contributed by atoms with Gasteiger partial charge in [-0.25, -0.2) is 4.79 Å². The Labute approximate surface area is 227 Å². The first-order valence-electron chi connectivity index (χ1n) is 12.6. The van der Waals surface area contributed by atoms with Crippen LogP contribution in [0.2, 0.25) is 0 Å². The highest BCUT2D eigenvalue weighted by Gasteiger charge is 2.18. The predicted octanol–water partition coefficient (Wildman–Crippen LogP) is 5.92. The zero-order valence-corrected chi connectivity index (χ0v) is 22.4. The highest BCUT2D eigenvalue weighted by Crippen LogP contribution is 2.39. The Kier molecular flexibility index (Phi) is 10.6. The topological polar surface area (TPSA) is 121 Å². The van der Waals surface area contributed by atoms with Crippen molar-refractivity contribution >= 4 is 29.3 Å². The minimum Gasteiger partial charge on any atom is -0.490 e. The SMILES string of the molecule is CCOC(=O)Oc1ccc(C(=O)Nc2ccc(NC(=O)c3cc(OCC)c(OCC)c(OCC)c3)cc2)cc1. The van der Waals surface area contributed by atoms with Crippen molar-refractivity contribution in [2.24, 2.45) is 0 Å². The van der Waals surface area contributed by atoms with Crippen molar-refractivity contribution in [2.45, 2.75) is 27.7 Å². The van der Waals surface area contributed by atoms with E-state index in [1.807, 2.05) is 20.8 Å². The van der Waals surface area contributed by atoms with Gasteiger partial charge < -0.3 is 34.3 Å². The number of anilines is 2. The van der Waals surface area contributed by atoms with Crippen LogP contribution in [0.3, 0.4) is 0 Å². The maximum atomic E-state index is 13.0. The molecule has 2 N–H and O–H groups in total. The van der Waals surface area contributed by atoms with Gasteiger partial charge in [0.05, 0.1) is 26.4 Å². The molecule has 0 aliphatic carbocycles. The van der Waals surface area contributed by atoms with Gasteiger partial charge in [0.25, 0.3) is 11.8 Å². The van der Waals surface area contributed by atoms with Crippen LogP contribution < -0.4 is 29.6 Å². The van der Waals surface area contributed by atoms with Crippen LogP contribution in [0.5, 0.6) is 23.0 Å². The van der Waals surface area contributed by atoms with Crippen molar-refractivity contribution in [3.8, 4) is 23.0 Å². The first-order chi connectivity index (χ1) is 18.9. The van der Waals surface area contributed by atoms with Crippen molar-refractivity contribution in [2.75, 3.05) is 37.1 Å². The fourth-order valence-electron chi connectivity index (χ4n) is 3.48. The molecule has 0 saturated heterocycles. The summed E-state index contributed by atoms with van der Waals surface area (Å²) < 4.78 is 26.8. The Morgan fingerprint density at radius 1 is 0.615 bits per heavy atom. The predicted molar refractivity (Wildman–Crippen MR) is 146 cm³/mol. The van der Waals surface area contributed by atoms with Crippen molar-refractivity contribution in [1.29, 1.82) is 0 Å². The number of rotatable bonds is 12. The Bertz CT molecular complexity index is 1250. The molecule has 3 aromatic carbocycles. The van der Waals surface area contributed by atoms with Crippen LogP contribution in [-0.4, -0.2) is 44.4 Å². The van der Waals surface area contributed by atoms with Crippen molar-refractivity contribution in [3.63, 3.8) is 0 Å². The van der Waals surface area contributed by atoms with Gasteiger partial charge in [-0.05, 0) is 88.4 Å². The van der Waals surface area contributed by atoms with Crippen LogP contribution in [0.4, 0.5) is 16.2 Å². The van der Waals surface area contributed by atoms with Gasteiger partial charge in [0.15, 0.2) is 11.5 Å². The Hall–Kier alpha value is -4.73. The summed E-state index contributed by atoms with van der Waals surface area (Å²) in [5.74, 6) is 0.860. The van der Waals surface area contributed by atoms with E-state index in [9.17, 15) is 14.4 Å². The number of nitrogens with one attached hydrogen (secondary N) is 2. The number of benzene rings is 3. The van der Waals surface area contributed by atoms with E-state index in [2.05, 4.69) is 10.6 Å². The molecule has 0 fully saturated rings. The molecule has 0 aliphatic rings. The first-order valence-corrected chi connectivity index (χ1v) is 12.6. The number of carbonyl (C=O) groups is 3. The third-order valence-corrected chi connectivity index (χ3v) is 5.15. The molecule has 0 saturated carbocycles. The molecular formula is C29H32N2O8. The molecule has 0 heterocycles. The zero-order valence-electron chi connectivity index (χ0n) is 22.4. The summed E-state index contributed by atoms with van der Waals surface area (Å²) in [6.45, 7) is 8.64. The van der Waals surface area contributed by atoms with Gasteiger partial charge in [0.1, 0.15) is 5.75 Å². The summed E-state index contributed by atoms with van der Waals surface area (Å²) >= 11 is 0. The lowest BCUT2D eigenvalue weighted by Gasteiger charge is -2.17. The standard InChI is InChI=1S/C29H32N2O8/c1-5-35-24-17-20(18-25(36-6-2)26(24)37-7-3)28(33)31-22-13-11-21(12-14-22)30-27(32)19-9-15-23(16-10-19)39-29(34)38-8-4/h9-18H,5-8H2,1-4H3,(H,30,32)(H,31,33). The molecule has 0 aromatic heterocycles. The molecule has 0 radical (unpaired) electrons. The number of hydrogen-bond donors (Lipinski definition) is 2. The lowest BCUT2D eigenvalue weighted by Crippen LogP contribution is -2.14. The van der Waals surface area contributed by atoms with Gasteiger partial charge in [0.2, 0.25) is 5.75 Å². The van der Waals surface area contributed by atoms with Crippen LogP contribution in [-0.2, 0) is 4.74 Å². The lowest BCUT2D eigenvalue weighted by atomic mass is 10.1. The van der Waals surface area contributed by atoms with Gasteiger partial charge in [-0.15, -0.1) is 0 Å². The highest BCUT2D eigenvalue weighted by molar-refractivity contribution is 6.06. The van der Waals surface area contributed by atoms with Crippen LogP contribution in [0, 0.1) is 0 Å². The molecule has 2 amide bonds. The normalized spacial score (nSPS) is 10.3. The van der Waals surface area contributed by atoms with E-state index in [1.54, 1.807) is 43.3 Å². The maximum Gasteiger partial charge on any atom is 0.513 e. The van der Waals surface area contributed by atoms with Crippen molar-refractivity contribution in [3.05, 3.63) is 71.8 Å². The molecule has 10 nitrogen and oxygen atoms in total. The van der Waals surface area contributed by atoms with Crippen LogP contribution in [0.25, 0.3) is 0 Å². The Balaban J connectivity index is 1.66. The lowest BCUT2D eigenvalue weighted by molar-refractivity contribution is 0.101. The molecule has 0 atom stereocenters. The van der Waals surface area contributed by atoms with E-state index < -0.39 is 6.16 Å². The summed E-state index contributed by atoms with van der Waals surface area (Å²) in [4.78, 5) is 37.0. The largest absolute Gasteiger partial charge is 0.513 e. The third kappa shape index (κ3) is 8.13. The van der Waals surface area contributed by atoms with Crippen molar-refractivity contribution < 1.29 is 38.1 Å². The van der Waals surface area contributed by atoms with Gasteiger partial charge >= 0.3 is 6.16 Å². The monoisotopic (exact) mass is 536 g/mol. The average Bonchev–Trinajstić information content (AvgIpc) is 2.92. The van der Waals surface area contributed by atoms with E-state index in [0.717, 1.165) is 0 Å². The van der Waals surface area contributed by atoms with Crippen LogP contribution in [0.1, 0.15) is 48.4 Å². The molecule has 0 bridgehead atoms. The average molecular weight is 537 g/mol. The second-order valence-corrected chi connectivity index (χ2v) is 7.90. The summed E-state index contributed by atoms with van der Waals surface area (Å²) in [6, 6.07) is 16.0. The number of carbonyl (C=O) groups excluding carboxylic acids is 3. The summed E-state index contributed by atoms with van der Waals surface area (Å²) in [7, 11) is 0. The molecule has 0 aliphatic heterocycles. The third-order valence-electron chi connectivity index (χ3n) is 5.15. The summed E-state index contributed by atoms with van der Waals surface area (Å²) in [5.41, 5.74) is 1.78. The van der Waals surface area contributed by atoms with Crippen molar-refractivity contribution in [1.82, 2.24) is 0 Å². The van der Waals surface area contributed by atoms with Gasteiger partial charge in [-0.2, -0.15) is 0 Å². The quantitative estimate of drug-likeness (QED) is 0.216. The van der Waals surface area contributed by atoms with E-state index in [4.69, 9.17) is 23.7 Å². The molecule has 10 heteroatoms. The smallest absolute Gasteiger partial charge is 0.490 e. The minimum absolute atomic E-state index is 0.201. The van der Waals surface area contributed by atoms with Gasteiger partial charge in [-0.1, -0.05) is 0 Å². The summed E-state index contributed by atoms with van der Waals surface area (Å²) in [6.07, 6.45) is -0.811. The molecule has 0 unspecified atom stereocenters. The van der Waals surface area contributed by atoms with E-state index >= 15 is 0 Å². The van der Waals surface area contributed by atoms with E-state index in [-0.39, 0.29) is 24.2 Å². The first kappa shape index (κ1) is 28.8. The minimum atomic E-state index is -0.811. The fraction of sp³-hybridized carbons (Fsp3) is 0.276. The molecule has 39 heavy (non-hydrogen) atoms. The Morgan fingerprint density at radius 3 is 1.56 bits per heavy atom. The second kappa shape index (κ2) is 14.3. The van der Waals surface area contributed by atoms with Gasteiger partial charge in [-0.3, -0.25) is 9.59 Å². The van der Waals surface area contributed by atoms with Crippen LogP contribution in [0.15, 0.2) is 60.7 Å². The number of hydrogen-bond acceptors (Lipinski definition) is 8. The van der Waals surface area contributed by atoms with Crippen LogP contribution >= 0.6 is 0 Å². The molecular weight excluding hydrogens is 504 g/mol. The summed E-state index contributed by atoms with van der Waals surface area (Å²) in [5, 5.41) is 5.62. The molecule has 0 spiro atoms. The number of amides is 2. The second-order valence-electron chi connectivity index (χ2n) is 7.90. The Morgan fingerprint density at radius 2 is 1.10 bits per heavy atom. The maximum absolute atomic E-state index is 13.0. The van der Waals surface area contributed by atoms with Gasteiger partial charge in [0, 0.05) is 22.5 Å².